The van der Waals surface area contributed by atoms with Crippen molar-refractivity contribution in [2.24, 2.45) is 11.8 Å². The molecule has 3 nitrogen and oxygen atoms in total. The molecule has 0 aromatic carbocycles. The van der Waals surface area contributed by atoms with Crippen LogP contribution in [0.1, 0.15) is 34.6 Å². The molecule has 2 atom stereocenters. The van der Waals surface area contributed by atoms with Crippen molar-refractivity contribution in [1.82, 2.24) is 4.90 Å². The Kier molecular flexibility index (Phi) is 3.07. The molecule has 1 amide bonds. The fourth-order valence-corrected chi connectivity index (χ4v) is 1.61. The van der Waals surface area contributed by atoms with E-state index in [1.807, 2.05) is 20.8 Å². The van der Waals surface area contributed by atoms with E-state index in [9.17, 15) is 4.79 Å². The van der Waals surface area contributed by atoms with Gasteiger partial charge in [0.15, 0.2) is 0 Å². The zero-order valence-corrected chi connectivity index (χ0v) is 9.83. The van der Waals surface area contributed by atoms with Crippen LogP contribution in [-0.2, 0) is 4.74 Å². The summed E-state index contributed by atoms with van der Waals surface area (Å²) in [5.74, 6) is 1.17. The number of nitrogens with zero attached hydrogens (tertiary/aromatic N) is 1. The first-order valence-electron chi connectivity index (χ1n) is 5.27. The fourth-order valence-electron chi connectivity index (χ4n) is 1.61. The Morgan fingerprint density at radius 2 is 1.64 bits per heavy atom. The van der Waals surface area contributed by atoms with Gasteiger partial charge in [-0.3, -0.25) is 0 Å². The standard InChI is InChI=1S/C11H21NO2/c1-8-6-12(7-9(8)2)10(13)14-11(3,4)5/h8-9H,6-7H2,1-5H3/t8-,9?/m0/s1. The van der Waals surface area contributed by atoms with Gasteiger partial charge in [-0.05, 0) is 32.6 Å². The molecule has 0 aromatic heterocycles. The van der Waals surface area contributed by atoms with Gasteiger partial charge in [0.05, 0.1) is 0 Å². The Morgan fingerprint density at radius 1 is 1.21 bits per heavy atom. The van der Waals surface area contributed by atoms with E-state index >= 15 is 0 Å². The van der Waals surface area contributed by atoms with E-state index in [1.165, 1.54) is 0 Å². The Morgan fingerprint density at radius 3 is 2.00 bits per heavy atom. The Balaban J connectivity index is 2.48. The van der Waals surface area contributed by atoms with Crippen molar-refractivity contribution >= 4 is 6.09 Å². The van der Waals surface area contributed by atoms with Crippen molar-refractivity contribution in [3.8, 4) is 0 Å². The molecule has 3 heteroatoms. The molecule has 1 aliphatic heterocycles. The van der Waals surface area contributed by atoms with Crippen LogP contribution in [0.3, 0.4) is 0 Å². The van der Waals surface area contributed by atoms with Crippen molar-refractivity contribution in [3.05, 3.63) is 0 Å². The van der Waals surface area contributed by atoms with Crippen LogP contribution in [0.15, 0.2) is 0 Å². The quantitative estimate of drug-likeness (QED) is 0.600. The van der Waals surface area contributed by atoms with Gasteiger partial charge >= 0.3 is 6.09 Å². The van der Waals surface area contributed by atoms with Gasteiger partial charge in [-0.15, -0.1) is 0 Å². The SMILES string of the molecule is CC1CN(C(=O)OC(C)(C)C)C[C@@H]1C. The highest BCUT2D eigenvalue weighted by Crippen LogP contribution is 2.23. The zero-order chi connectivity index (χ0) is 10.9. The largest absolute Gasteiger partial charge is 0.444 e. The van der Waals surface area contributed by atoms with Crippen molar-refractivity contribution in [2.45, 2.75) is 40.2 Å². The van der Waals surface area contributed by atoms with E-state index in [-0.39, 0.29) is 11.7 Å². The topological polar surface area (TPSA) is 29.5 Å². The molecular formula is C11H21NO2. The van der Waals surface area contributed by atoms with Crippen LogP contribution >= 0.6 is 0 Å². The van der Waals surface area contributed by atoms with E-state index in [4.69, 9.17) is 4.74 Å². The average molecular weight is 199 g/mol. The van der Waals surface area contributed by atoms with Gasteiger partial charge in [0.25, 0.3) is 0 Å². The predicted octanol–water partition coefficient (Wildman–Crippen LogP) is 2.51. The normalized spacial score (nSPS) is 27.9. The van der Waals surface area contributed by atoms with Gasteiger partial charge in [-0.25, -0.2) is 4.79 Å². The van der Waals surface area contributed by atoms with Crippen molar-refractivity contribution in [3.63, 3.8) is 0 Å². The number of amides is 1. The molecule has 1 aliphatic rings. The van der Waals surface area contributed by atoms with Crippen molar-refractivity contribution in [2.75, 3.05) is 13.1 Å². The first kappa shape index (κ1) is 11.3. The molecular weight excluding hydrogens is 178 g/mol. The van der Waals surface area contributed by atoms with Crippen LogP contribution in [0.4, 0.5) is 4.79 Å². The Labute approximate surface area is 86.4 Å². The lowest BCUT2D eigenvalue weighted by atomic mass is 10.0. The lowest BCUT2D eigenvalue weighted by Crippen LogP contribution is -2.35. The molecule has 14 heavy (non-hydrogen) atoms. The van der Waals surface area contributed by atoms with E-state index in [2.05, 4.69) is 13.8 Å². The van der Waals surface area contributed by atoms with Gasteiger partial charge in [-0.1, -0.05) is 13.8 Å². The van der Waals surface area contributed by atoms with Crippen LogP contribution in [0.2, 0.25) is 0 Å². The molecule has 0 N–H and O–H groups in total. The van der Waals surface area contributed by atoms with E-state index in [1.54, 1.807) is 4.90 Å². The van der Waals surface area contributed by atoms with Gasteiger partial charge in [0.1, 0.15) is 5.60 Å². The van der Waals surface area contributed by atoms with Crippen molar-refractivity contribution in [1.29, 1.82) is 0 Å². The van der Waals surface area contributed by atoms with Crippen LogP contribution < -0.4 is 0 Å². The minimum atomic E-state index is -0.383. The molecule has 1 rings (SSSR count). The number of rotatable bonds is 0. The minimum absolute atomic E-state index is 0.172. The van der Waals surface area contributed by atoms with Crippen LogP contribution in [-0.4, -0.2) is 29.7 Å². The summed E-state index contributed by atoms with van der Waals surface area (Å²) in [6, 6.07) is 0. The number of carbonyl (C=O) groups excluding carboxylic acids is 1. The fraction of sp³-hybridized carbons (Fsp3) is 0.909. The molecule has 1 fully saturated rings. The van der Waals surface area contributed by atoms with E-state index in [0.29, 0.717) is 11.8 Å². The molecule has 0 saturated carbocycles. The summed E-state index contributed by atoms with van der Waals surface area (Å²) in [5.41, 5.74) is -0.383. The molecule has 0 bridgehead atoms. The second-order valence-corrected chi connectivity index (χ2v) is 5.34. The molecule has 0 radical (unpaired) electrons. The molecule has 1 saturated heterocycles. The third-order valence-electron chi connectivity index (χ3n) is 2.64. The number of likely N-dealkylation sites (tertiary alicyclic amines) is 1. The maximum Gasteiger partial charge on any atom is 0.410 e. The minimum Gasteiger partial charge on any atom is -0.444 e. The van der Waals surface area contributed by atoms with Crippen molar-refractivity contribution < 1.29 is 9.53 Å². The highest BCUT2D eigenvalue weighted by atomic mass is 16.6. The third kappa shape index (κ3) is 2.89. The smallest absolute Gasteiger partial charge is 0.410 e. The van der Waals surface area contributed by atoms with Gasteiger partial charge in [0, 0.05) is 13.1 Å². The summed E-state index contributed by atoms with van der Waals surface area (Å²) in [6.07, 6.45) is -0.172. The van der Waals surface area contributed by atoms with Gasteiger partial charge < -0.3 is 9.64 Å². The van der Waals surface area contributed by atoms with Crippen LogP contribution in [0, 0.1) is 11.8 Å². The summed E-state index contributed by atoms with van der Waals surface area (Å²) < 4.78 is 5.31. The highest BCUT2D eigenvalue weighted by Gasteiger charge is 2.31. The van der Waals surface area contributed by atoms with Crippen LogP contribution in [0.25, 0.3) is 0 Å². The van der Waals surface area contributed by atoms with Gasteiger partial charge in [0.2, 0.25) is 0 Å². The summed E-state index contributed by atoms with van der Waals surface area (Å²) in [6.45, 7) is 11.7. The summed E-state index contributed by atoms with van der Waals surface area (Å²) >= 11 is 0. The monoisotopic (exact) mass is 199 g/mol. The number of hydrogen-bond donors (Lipinski definition) is 0. The molecule has 1 unspecified atom stereocenters. The number of hydrogen-bond acceptors (Lipinski definition) is 2. The first-order chi connectivity index (χ1) is 6.29. The van der Waals surface area contributed by atoms with Gasteiger partial charge in [-0.2, -0.15) is 0 Å². The molecule has 0 aromatic rings. The summed E-state index contributed by atoms with van der Waals surface area (Å²) in [7, 11) is 0. The number of ether oxygens (including phenoxy) is 1. The molecule has 1 heterocycles. The lowest BCUT2D eigenvalue weighted by Gasteiger charge is -2.24. The van der Waals surface area contributed by atoms with E-state index in [0.717, 1.165) is 13.1 Å². The number of carbonyl (C=O) groups is 1. The zero-order valence-electron chi connectivity index (χ0n) is 9.83. The predicted molar refractivity (Wildman–Crippen MR) is 56.1 cm³/mol. The second-order valence-electron chi connectivity index (χ2n) is 5.34. The highest BCUT2D eigenvalue weighted by molar-refractivity contribution is 5.68. The molecule has 82 valence electrons. The second kappa shape index (κ2) is 3.79. The molecule has 0 aliphatic carbocycles. The maximum absolute atomic E-state index is 11.7. The van der Waals surface area contributed by atoms with E-state index < -0.39 is 0 Å². The maximum atomic E-state index is 11.7. The summed E-state index contributed by atoms with van der Waals surface area (Å²) in [5, 5.41) is 0. The molecule has 0 spiro atoms. The first-order valence-corrected chi connectivity index (χ1v) is 5.27. The Hall–Kier alpha value is -0.730. The van der Waals surface area contributed by atoms with Crippen LogP contribution in [0.5, 0.6) is 0 Å². The lowest BCUT2D eigenvalue weighted by molar-refractivity contribution is 0.0285. The summed E-state index contributed by atoms with van der Waals surface area (Å²) in [4.78, 5) is 13.5. The third-order valence-corrected chi connectivity index (χ3v) is 2.64. The average Bonchev–Trinajstić information content (AvgIpc) is 2.28. The Bertz CT molecular complexity index is 210.